The Bertz CT molecular complexity index is 78.8. The zero-order valence-electron chi connectivity index (χ0n) is 4.69. The highest BCUT2D eigenvalue weighted by Crippen LogP contribution is 2.32. The van der Waals surface area contributed by atoms with Gasteiger partial charge in [-0.05, 0) is 6.92 Å². The van der Waals surface area contributed by atoms with Crippen LogP contribution in [0.4, 0.5) is 0 Å². The summed E-state index contributed by atoms with van der Waals surface area (Å²) in [7, 11) is 0. The van der Waals surface area contributed by atoms with E-state index in [4.69, 9.17) is 16.3 Å². The van der Waals surface area contributed by atoms with E-state index in [0.29, 0.717) is 11.1 Å². The molecule has 1 atom stereocenters. The van der Waals surface area contributed by atoms with Crippen LogP contribution in [0.25, 0.3) is 0 Å². The highest BCUT2D eigenvalue weighted by molar-refractivity contribution is 8.02. The summed E-state index contributed by atoms with van der Waals surface area (Å²) in [5.74, 6) is 0.696. The average Bonchev–Trinajstić information content (AvgIpc) is 2.14. The van der Waals surface area contributed by atoms with Crippen molar-refractivity contribution in [1.29, 1.82) is 0 Å². The van der Waals surface area contributed by atoms with Gasteiger partial charge in [0.1, 0.15) is 5.44 Å². The highest BCUT2D eigenvalue weighted by atomic mass is 35.5. The Morgan fingerprint density at radius 2 is 2.75 bits per heavy atom. The molecule has 1 aliphatic rings. The fraction of sp³-hybridized carbons (Fsp3) is 0.800. The lowest BCUT2D eigenvalue weighted by Gasteiger charge is -1.96. The fourth-order valence-electron chi connectivity index (χ4n) is 0.589. The third kappa shape index (κ3) is 1.54. The predicted molar refractivity (Wildman–Crippen MR) is 37.0 cm³/mol. The quantitative estimate of drug-likeness (QED) is 0.530. The molecule has 0 saturated carbocycles. The summed E-state index contributed by atoms with van der Waals surface area (Å²) in [6.07, 6.45) is 0. The molecular weight excluding hydrogens is 144 g/mol. The van der Waals surface area contributed by atoms with E-state index in [2.05, 4.69) is 0 Å². The standard InChI is InChI=1S/C5H8ClOS/c1-4-7-3-5(2-6)8-4/h5H,2-3H2,1H3. The molecule has 3 heteroatoms. The molecule has 0 aromatic rings. The molecule has 8 heavy (non-hydrogen) atoms. The van der Waals surface area contributed by atoms with E-state index in [9.17, 15) is 0 Å². The molecule has 1 heterocycles. The molecule has 1 aliphatic heterocycles. The number of ether oxygens (including phenoxy) is 1. The van der Waals surface area contributed by atoms with Crippen molar-refractivity contribution in [2.24, 2.45) is 0 Å². The van der Waals surface area contributed by atoms with Gasteiger partial charge in [-0.1, -0.05) is 0 Å². The number of thioether (sulfide) groups is 1. The van der Waals surface area contributed by atoms with Crippen LogP contribution in [0.1, 0.15) is 6.92 Å². The first-order valence-corrected chi connectivity index (χ1v) is 3.93. The first kappa shape index (κ1) is 6.72. The minimum Gasteiger partial charge on any atom is -0.359 e. The smallest absolute Gasteiger partial charge is 0.149 e. The molecule has 0 spiro atoms. The van der Waals surface area contributed by atoms with Crippen LogP contribution in [0, 0.1) is 5.44 Å². The summed E-state index contributed by atoms with van der Waals surface area (Å²) in [6.45, 7) is 2.76. The zero-order chi connectivity index (χ0) is 5.98. The third-order valence-electron chi connectivity index (χ3n) is 0.977. The van der Waals surface area contributed by atoms with Crippen LogP contribution in [0.15, 0.2) is 0 Å². The second-order valence-corrected chi connectivity index (χ2v) is 3.48. The SMILES string of the molecule is C[C]1OCC(CCl)S1. The summed E-state index contributed by atoms with van der Waals surface area (Å²) in [6, 6.07) is 0. The Morgan fingerprint density at radius 3 is 3.00 bits per heavy atom. The fourth-order valence-corrected chi connectivity index (χ4v) is 1.67. The molecule has 0 bridgehead atoms. The Kier molecular flexibility index (Phi) is 2.47. The highest BCUT2D eigenvalue weighted by Gasteiger charge is 2.22. The van der Waals surface area contributed by atoms with Gasteiger partial charge in [0.15, 0.2) is 0 Å². The summed E-state index contributed by atoms with van der Waals surface area (Å²) in [5, 5.41) is 0.497. The van der Waals surface area contributed by atoms with E-state index in [1.165, 1.54) is 0 Å². The van der Waals surface area contributed by atoms with E-state index >= 15 is 0 Å². The maximum Gasteiger partial charge on any atom is 0.149 e. The minimum atomic E-state index is 0.497. The molecule has 1 saturated heterocycles. The van der Waals surface area contributed by atoms with E-state index in [-0.39, 0.29) is 0 Å². The summed E-state index contributed by atoms with van der Waals surface area (Å²) in [4.78, 5) is 0. The number of alkyl halides is 1. The second kappa shape index (κ2) is 2.95. The van der Waals surface area contributed by atoms with Crippen LogP contribution >= 0.6 is 23.4 Å². The molecule has 0 aromatic carbocycles. The molecule has 0 aromatic heterocycles. The van der Waals surface area contributed by atoms with E-state index in [1.54, 1.807) is 11.8 Å². The van der Waals surface area contributed by atoms with Gasteiger partial charge in [0.05, 0.1) is 6.61 Å². The van der Waals surface area contributed by atoms with Crippen LogP contribution in [0.3, 0.4) is 0 Å². The average molecular weight is 152 g/mol. The molecule has 1 fully saturated rings. The van der Waals surface area contributed by atoms with Crippen molar-refractivity contribution in [3.63, 3.8) is 0 Å². The van der Waals surface area contributed by atoms with Gasteiger partial charge in [-0.2, -0.15) is 0 Å². The second-order valence-electron chi connectivity index (χ2n) is 1.70. The summed E-state index contributed by atoms with van der Waals surface area (Å²) in [5.41, 5.74) is 1.05. The van der Waals surface area contributed by atoms with Gasteiger partial charge >= 0.3 is 0 Å². The summed E-state index contributed by atoms with van der Waals surface area (Å²) < 4.78 is 5.15. The maximum absolute atomic E-state index is 5.56. The first-order valence-electron chi connectivity index (χ1n) is 2.52. The van der Waals surface area contributed by atoms with Gasteiger partial charge in [-0.15, -0.1) is 23.4 Å². The maximum atomic E-state index is 5.56. The van der Waals surface area contributed by atoms with Crippen LogP contribution in [-0.4, -0.2) is 17.7 Å². The monoisotopic (exact) mass is 151 g/mol. The van der Waals surface area contributed by atoms with E-state index in [0.717, 1.165) is 12.0 Å². The van der Waals surface area contributed by atoms with Crippen molar-refractivity contribution >= 4 is 23.4 Å². The number of halogens is 1. The topological polar surface area (TPSA) is 9.23 Å². The van der Waals surface area contributed by atoms with Crippen molar-refractivity contribution in [3.05, 3.63) is 5.44 Å². The molecule has 1 unspecified atom stereocenters. The Labute approximate surface area is 58.7 Å². The number of rotatable bonds is 1. The van der Waals surface area contributed by atoms with Crippen LogP contribution in [-0.2, 0) is 4.74 Å². The van der Waals surface area contributed by atoms with Gasteiger partial charge in [0.25, 0.3) is 0 Å². The van der Waals surface area contributed by atoms with Crippen molar-refractivity contribution in [3.8, 4) is 0 Å². The number of hydrogen-bond donors (Lipinski definition) is 0. The summed E-state index contributed by atoms with van der Waals surface area (Å²) >= 11 is 7.29. The van der Waals surface area contributed by atoms with Crippen molar-refractivity contribution in [2.45, 2.75) is 12.2 Å². The van der Waals surface area contributed by atoms with Crippen molar-refractivity contribution in [1.82, 2.24) is 0 Å². The molecular formula is C5H8ClOS. The van der Waals surface area contributed by atoms with E-state index in [1.807, 2.05) is 6.92 Å². The molecule has 47 valence electrons. The largest absolute Gasteiger partial charge is 0.359 e. The van der Waals surface area contributed by atoms with Crippen LogP contribution in [0.5, 0.6) is 0 Å². The molecule has 0 N–H and O–H groups in total. The van der Waals surface area contributed by atoms with Crippen molar-refractivity contribution < 1.29 is 4.74 Å². The van der Waals surface area contributed by atoms with Gasteiger partial charge in [0.2, 0.25) is 0 Å². The molecule has 1 rings (SSSR count). The molecule has 1 radical (unpaired) electrons. The van der Waals surface area contributed by atoms with Crippen LogP contribution < -0.4 is 0 Å². The number of hydrogen-bond acceptors (Lipinski definition) is 2. The van der Waals surface area contributed by atoms with Gasteiger partial charge in [-0.3, -0.25) is 0 Å². The Balaban J connectivity index is 2.22. The molecule has 1 nitrogen and oxygen atoms in total. The van der Waals surface area contributed by atoms with E-state index < -0.39 is 0 Å². The van der Waals surface area contributed by atoms with Crippen molar-refractivity contribution in [2.75, 3.05) is 12.5 Å². The normalized spacial score (nSPS) is 31.5. The first-order chi connectivity index (χ1) is 3.83. The van der Waals surface area contributed by atoms with Crippen LogP contribution in [0.2, 0.25) is 0 Å². The predicted octanol–water partition coefficient (Wildman–Crippen LogP) is 1.87. The zero-order valence-corrected chi connectivity index (χ0v) is 6.26. The van der Waals surface area contributed by atoms with Gasteiger partial charge in [0, 0.05) is 11.1 Å². The lowest BCUT2D eigenvalue weighted by molar-refractivity contribution is 0.212. The van der Waals surface area contributed by atoms with Gasteiger partial charge in [-0.25, -0.2) is 0 Å². The third-order valence-corrected chi connectivity index (χ3v) is 2.62. The molecule has 0 aliphatic carbocycles. The lowest BCUT2D eigenvalue weighted by Crippen LogP contribution is -2.03. The minimum absolute atomic E-state index is 0.497. The Hall–Kier alpha value is 0.600. The lowest BCUT2D eigenvalue weighted by atomic mass is 10.5. The van der Waals surface area contributed by atoms with Gasteiger partial charge < -0.3 is 4.74 Å². The Morgan fingerprint density at radius 1 is 2.00 bits per heavy atom. The molecule has 0 amide bonds.